The summed E-state index contributed by atoms with van der Waals surface area (Å²) in [4.78, 5) is 2.19. The van der Waals surface area contributed by atoms with E-state index in [2.05, 4.69) is 31.2 Å². The smallest absolute Gasteiger partial charge is 0.0190 e. The topological polar surface area (TPSA) is 41.3 Å². The lowest BCUT2D eigenvalue weighted by molar-refractivity contribution is 0.374. The lowest BCUT2D eigenvalue weighted by Crippen LogP contribution is -2.39. The third-order valence-corrected chi connectivity index (χ3v) is 2.68. The largest absolute Gasteiger partial charge is 0.329 e. The van der Waals surface area contributed by atoms with Crippen LogP contribution in [0.3, 0.4) is 0 Å². The minimum absolute atomic E-state index is 0.516. The SMILES string of the molecule is CCCCCCC(CN)NCCN(C)C. The molecule has 1 atom stereocenters. The highest BCUT2D eigenvalue weighted by Gasteiger charge is 2.04. The van der Waals surface area contributed by atoms with Crippen molar-refractivity contribution in [2.24, 2.45) is 5.73 Å². The molecule has 15 heavy (non-hydrogen) atoms. The molecule has 0 bridgehead atoms. The fraction of sp³-hybridized carbons (Fsp3) is 1.00. The third-order valence-electron chi connectivity index (χ3n) is 2.68. The average Bonchev–Trinajstić information content (AvgIpc) is 2.21. The van der Waals surface area contributed by atoms with E-state index in [-0.39, 0.29) is 0 Å². The Morgan fingerprint density at radius 3 is 2.47 bits per heavy atom. The second-order valence-corrected chi connectivity index (χ2v) is 4.54. The summed E-state index contributed by atoms with van der Waals surface area (Å²) in [6.45, 7) is 5.14. The Morgan fingerprint density at radius 2 is 1.93 bits per heavy atom. The number of rotatable bonds is 10. The Kier molecular flexibility index (Phi) is 10.3. The van der Waals surface area contributed by atoms with Crippen molar-refractivity contribution in [2.45, 2.75) is 45.1 Å². The van der Waals surface area contributed by atoms with Crippen molar-refractivity contribution in [3.63, 3.8) is 0 Å². The Labute approximate surface area is 95.4 Å². The average molecular weight is 215 g/mol. The minimum atomic E-state index is 0.516. The zero-order valence-corrected chi connectivity index (χ0v) is 10.8. The summed E-state index contributed by atoms with van der Waals surface area (Å²) in [5.41, 5.74) is 5.73. The van der Waals surface area contributed by atoms with Gasteiger partial charge in [0.25, 0.3) is 0 Å². The minimum Gasteiger partial charge on any atom is -0.329 e. The van der Waals surface area contributed by atoms with Crippen LogP contribution in [0.1, 0.15) is 39.0 Å². The molecule has 0 aliphatic rings. The van der Waals surface area contributed by atoms with Crippen molar-refractivity contribution in [3.05, 3.63) is 0 Å². The van der Waals surface area contributed by atoms with Gasteiger partial charge >= 0.3 is 0 Å². The Morgan fingerprint density at radius 1 is 1.20 bits per heavy atom. The molecule has 0 aromatic heterocycles. The van der Waals surface area contributed by atoms with Crippen molar-refractivity contribution in [2.75, 3.05) is 33.7 Å². The van der Waals surface area contributed by atoms with Crippen LogP contribution in [0.2, 0.25) is 0 Å². The van der Waals surface area contributed by atoms with Gasteiger partial charge in [0, 0.05) is 25.7 Å². The monoisotopic (exact) mass is 215 g/mol. The zero-order valence-electron chi connectivity index (χ0n) is 10.8. The quantitative estimate of drug-likeness (QED) is 0.542. The van der Waals surface area contributed by atoms with Crippen molar-refractivity contribution in [3.8, 4) is 0 Å². The number of hydrogen-bond donors (Lipinski definition) is 2. The van der Waals surface area contributed by atoms with Crippen LogP contribution >= 0.6 is 0 Å². The maximum Gasteiger partial charge on any atom is 0.0190 e. The molecule has 0 rings (SSSR count). The first-order chi connectivity index (χ1) is 7.20. The van der Waals surface area contributed by atoms with Crippen LogP contribution in [-0.2, 0) is 0 Å². The highest BCUT2D eigenvalue weighted by atomic mass is 15.1. The van der Waals surface area contributed by atoms with Crippen molar-refractivity contribution in [1.29, 1.82) is 0 Å². The number of unbranched alkanes of at least 4 members (excludes halogenated alkanes) is 3. The van der Waals surface area contributed by atoms with Gasteiger partial charge < -0.3 is 16.0 Å². The number of nitrogens with two attached hydrogens (primary N) is 1. The van der Waals surface area contributed by atoms with E-state index in [1.807, 2.05) is 0 Å². The Balaban J connectivity index is 3.38. The van der Waals surface area contributed by atoms with Crippen LogP contribution in [0.5, 0.6) is 0 Å². The summed E-state index contributed by atoms with van der Waals surface area (Å²) < 4.78 is 0. The fourth-order valence-corrected chi connectivity index (χ4v) is 1.61. The van der Waals surface area contributed by atoms with Crippen LogP contribution in [0.25, 0.3) is 0 Å². The molecule has 92 valence electrons. The molecule has 0 heterocycles. The summed E-state index contributed by atoms with van der Waals surface area (Å²) in [5.74, 6) is 0. The summed E-state index contributed by atoms with van der Waals surface area (Å²) in [7, 11) is 4.20. The van der Waals surface area contributed by atoms with Crippen LogP contribution in [0.15, 0.2) is 0 Å². The van der Waals surface area contributed by atoms with Crippen molar-refractivity contribution < 1.29 is 0 Å². The van der Waals surface area contributed by atoms with Crippen LogP contribution < -0.4 is 11.1 Å². The predicted molar refractivity (Wildman–Crippen MR) is 68.2 cm³/mol. The van der Waals surface area contributed by atoms with E-state index >= 15 is 0 Å². The van der Waals surface area contributed by atoms with Gasteiger partial charge in [0.15, 0.2) is 0 Å². The van der Waals surface area contributed by atoms with E-state index in [4.69, 9.17) is 5.73 Å². The molecule has 0 saturated carbocycles. The normalized spacial score (nSPS) is 13.4. The van der Waals surface area contributed by atoms with Gasteiger partial charge in [-0.1, -0.05) is 32.6 Å². The summed E-state index contributed by atoms with van der Waals surface area (Å²) >= 11 is 0. The number of nitrogens with zero attached hydrogens (tertiary/aromatic N) is 1. The number of likely N-dealkylation sites (N-methyl/N-ethyl adjacent to an activating group) is 1. The van der Waals surface area contributed by atoms with Gasteiger partial charge in [-0.2, -0.15) is 0 Å². The van der Waals surface area contributed by atoms with Crippen LogP contribution in [0, 0.1) is 0 Å². The zero-order chi connectivity index (χ0) is 11.5. The van der Waals surface area contributed by atoms with Crippen LogP contribution in [0.4, 0.5) is 0 Å². The molecule has 0 aromatic carbocycles. The first kappa shape index (κ1) is 14.9. The molecule has 3 N–H and O–H groups in total. The van der Waals surface area contributed by atoms with E-state index in [1.165, 1.54) is 32.1 Å². The van der Waals surface area contributed by atoms with E-state index in [0.29, 0.717) is 6.04 Å². The van der Waals surface area contributed by atoms with E-state index in [9.17, 15) is 0 Å². The van der Waals surface area contributed by atoms with E-state index < -0.39 is 0 Å². The molecule has 0 spiro atoms. The first-order valence-corrected chi connectivity index (χ1v) is 6.28. The summed E-state index contributed by atoms with van der Waals surface area (Å²) in [6.07, 6.45) is 6.55. The Hall–Kier alpha value is -0.120. The van der Waals surface area contributed by atoms with E-state index in [0.717, 1.165) is 19.6 Å². The lowest BCUT2D eigenvalue weighted by atomic mass is 10.1. The van der Waals surface area contributed by atoms with Crippen molar-refractivity contribution in [1.82, 2.24) is 10.2 Å². The Bertz CT molecular complexity index is 126. The van der Waals surface area contributed by atoms with Gasteiger partial charge in [-0.05, 0) is 20.5 Å². The van der Waals surface area contributed by atoms with E-state index in [1.54, 1.807) is 0 Å². The van der Waals surface area contributed by atoms with Crippen molar-refractivity contribution >= 4 is 0 Å². The van der Waals surface area contributed by atoms with Gasteiger partial charge in [-0.3, -0.25) is 0 Å². The first-order valence-electron chi connectivity index (χ1n) is 6.28. The second kappa shape index (κ2) is 10.4. The van der Waals surface area contributed by atoms with Gasteiger partial charge in [0.2, 0.25) is 0 Å². The molecule has 3 heteroatoms. The van der Waals surface area contributed by atoms with Gasteiger partial charge in [0.05, 0.1) is 0 Å². The lowest BCUT2D eigenvalue weighted by Gasteiger charge is -2.18. The molecular formula is C12H29N3. The summed E-state index contributed by atoms with van der Waals surface area (Å²) in [5, 5.41) is 3.51. The maximum atomic E-state index is 5.73. The molecular weight excluding hydrogens is 186 g/mol. The molecule has 3 nitrogen and oxygen atoms in total. The molecule has 0 aromatic rings. The molecule has 1 unspecified atom stereocenters. The molecule has 0 saturated heterocycles. The molecule has 0 fully saturated rings. The highest BCUT2D eigenvalue weighted by molar-refractivity contribution is 4.68. The third kappa shape index (κ3) is 10.2. The molecule has 0 radical (unpaired) electrons. The molecule has 0 aliphatic heterocycles. The standard InChI is InChI=1S/C12H29N3/c1-4-5-6-7-8-12(11-13)14-9-10-15(2)3/h12,14H,4-11,13H2,1-3H3. The molecule has 0 aliphatic carbocycles. The molecule has 0 amide bonds. The summed E-state index contributed by atoms with van der Waals surface area (Å²) in [6, 6.07) is 0.516. The number of nitrogens with one attached hydrogen (secondary N) is 1. The second-order valence-electron chi connectivity index (χ2n) is 4.54. The maximum absolute atomic E-state index is 5.73. The highest BCUT2D eigenvalue weighted by Crippen LogP contribution is 2.04. The van der Waals surface area contributed by atoms with Gasteiger partial charge in [-0.15, -0.1) is 0 Å². The van der Waals surface area contributed by atoms with Gasteiger partial charge in [-0.25, -0.2) is 0 Å². The number of hydrogen-bond acceptors (Lipinski definition) is 3. The predicted octanol–water partition coefficient (Wildman–Crippen LogP) is 1.44. The fourth-order valence-electron chi connectivity index (χ4n) is 1.61. The van der Waals surface area contributed by atoms with Crippen LogP contribution in [-0.4, -0.2) is 44.7 Å². The van der Waals surface area contributed by atoms with Gasteiger partial charge in [0.1, 0.15) is 0 Å².